The molecule has 4 heterocycles. The molecule has 0 radical (unpaired) electrons. The summed E-state index contributed by atoms with van der Waals surface area (Å²) in [6.45, 7) is 2.31. The molecule has 1 aliphatic heterocycles. The van der Waals surface area contributed by atoms with Crippen molar-refractivity contribution in [1.82, 2.24) is 24.3 Å². The summed E-state index contributed by atoms with van der Waals surface area (Å²) in [5, 5.41) is 3.61. The molecule has 3 N–H and O–H groups in total. The number of imidazole rings is 1. The van der Waals surface area contributed by atoms with Crippen molar-refractivity contribution in [2.45, 2.75) is 51.5 Å². The van der Waals surface area contributed by atoms with Gasteiger partial charge in [0.25, 0.3) is 5.91 Å². The number of rotatable bonds is 4. The zero-order valence-electron chi connectivity index (χ0n) is 20.0. The molecule has 2 aliphatic rings. The van der Waals surface area contributed by atoms with Gasteiger partial charge in [-0.25, -0.2) is 15.0 Å². The lowest BCUT2D eigenvalue weighted by atomic mass is 10.0. The van der Waals surface area contributed by atoms with Gasteiger partial charge in [-0.05, 0) is 50.7 Å². The van der Waals surface area contributed by atoms with E-state index in [-0.39, 0.29) is 17.9 Å². The van der Waals surface area contributed by atoms with Crippen LogP contribution in [0.1, 0.15) is 65.4 Å². The van der Waals surface area contributed by atoms with Gasteiger partial charge in [0.15, 0.2) is 5.13 Å². The summed E-state index contributed by atoms with van der Waals surface area (Å²) in [4.78, 5) is 42.1. The van der Waals surface area contributed by atoms with Gasteiger partial charge in [0.1, 0.15) is 22.9 Å². The number of thiazole rings is 1. The number of nitrogen functional groups attached to an aromatic ring is 1. The highest BCUT2D eigenvalue weighted by molar-refractivity contribution is 7.15. The lowest BCUT2D eigenvalue weighted by Crippen LogP contribution is -2.29. The van der Waals surface area contributed by atoms with E-state index in [2.05, 4.69) is 15.3 Å². The first kappa shape index (κ1) is 22.7. The van der Waals surface area contributed by atoms with E-state index in [1.54, 1.807) is 36.6 Å². The molecule has 2 amide bonds. The molecule has 184 valence electrons. The normalized spacial score (nSPS) is 17.4. The van der Waals surface area contributed by atoms with Crippen LogP contribution in [0, 0.1) is 0 Å². The number of nitrogens with two attached hydrogens (primary N) is 1. The first-order chi connectivity index (χ1) is 17.5. The Hall–Kier alpha value is -3.79. The zero-order valence-corrected chi connectivity index (χ0v) is 20.8. The summed E-state index contributed by atoms with van der Waals surface area (Å²) in [5.74, 6) is 0.992. The third kappa shape index (κ3) is 3.91. The summed E-state index contributed by atoms with van der Waals surface area (Å²) in [7, 11) is 0. The number of aromatic nitrogens is 4. The van der Waals surface area contributed by atoms with Crippen molar-refractivity contribution in [2.75, 3.05) is 17.6 Å². The Morgan fingerprint density at radius 1 is 1.11 bits per heavy atom. The third-order valence-corrected chi connectivity index (χ3v) is 8.13. The molecule has 1 aromatic carbocycles. The van der Waals surface area contributed by atoms with Gasteiger partial charge in [-0.1, -0.05) is 12.1 Å². The van der Waals surface area contributed by atoms with Gasteiger partial charge in [-0.3, -0.25) is 19.3 Å². The number of amides is 2. The van der Waals surface area contributed by atoms with Gasteiger partial charge < -0.3 is 10.6 Å². The van der Waals surface area contributed by atoms with Gasteiger partial charge in [0, 0.05) is 41.9 Å². The van der Waals surface area contributed by atoms with Crippen molar-refractivity contribution < 1.29 is 9.59 Å². The molecule has 3 aromatic heterocycles. The highest BCUT2D eigenvalue weighted by Crippen LogP contribution is 2.36. The van der Waals surface area contributed by atoms with Crippen molar-refractivity contribution in [3.63, 3.8) is 0 Å². The number of nitrogens with zero attached hydrogens (tertiary/aromatic N) is 5. The third-order valence-electron chi connectivity index (χ3n) is 7.05. The Morgan fingerprint density at radius 2 is 1.92 bits per heavy atom. The number of anilines is 2. The van der Waals surface area contributed by atoms with E-state index in [1.165, 1.54) is 11.3 Å². The van der Waals surface area contributed by atoms with Crippen LogP contribution in [0.25, 0.3) is 16.8 Å². The number of fused-ring (bicyclic) bond motifs is 2. The molecule has 10 heteroatoms. The summed E-state index contributed by atoms with van der Waals surface area (Å²) in [6, 6.07) is 7.20. The first-order valence-electron chi connectivity index (χ1n) is 12.3. The van der Waals surface area contributed by atoms with Crippen molar-refractivity contribution in [3.8, 4) is 11.3 Å². The number of nitrogens with one attached hydrogen (secondary N) is 1. The molecule has 0 saturated carbocycles. The lowest BCUT2D eigenvalue weighted by molar-refractivity contribution is -0.129. The van der Waals surface area contributed by atoms with Crippen molar-refractivity contribution >= 4 is 39.6 Å². The minimum atomic E-state index is -0.188. The van der Waals surface area contributed by atoms with Crippen LogP contribution < -0.4 is 11.1 Å². The SMILES string of the molecule is CC(=O)N1CCCC1c1nc(-c2ccc(C(=O)Nc3nc4c(s3)CCCC4)cc2)c2c(N)nccn12. The molecular weight excluding hydrogens is 474 g/mol. The van der Waals surface area contributed by atoms with Gasteiger partial charge >= 0.3 is 0 Å². The molecule has 1 fully saturated rings. The quantitative estimate of drug-likeness (QED) is 0.432. The maximum atomic E-state index is 12.9. The van der Waals surface area contributed by atoms with E-state index in [9.17, 15) is 9.59 Å². The van der Waals surface area contributed by atoms with Crippen LogP contribution in [0.2, 0.25) is 0 Å². The van der Waals surface area contributed by atoms with Crippen LogP contribution >= 0.6 is 11.3 Å². The fourth-order valence-corrected chi connectivity index (χ4v) is 6.33. The molecule has 1 atom stereocenters. The van der Waals surface area contributed by atoms with E-state index in [4.69, 9.17) is 10.7 Å². The van der Waals surface area contributed by atoms with Crippen LogP contribution in [0.3, 0.4) is 0 Å². The van der Waals surface area contributed by atoms with Crippen molar-refractivity contribution in [1.29, 1.82) is 0 Å². The first-order valence-corrected chi connectivity index (χ1v) is 13.1. The van der Waals surface area contributed by atoms with E-state index >= 15 is 0 Å². The molecule has 0 bridgehead atoms. The number of aryl methyl sites for hydroxylation is 2. The lowest BCUT2D eigenvalue weighted by Gasteiger charge is -2.22. The molecule has 4 aromatic rings. The predicted octanol–water partition coefficient (Wildman–Crippen LogP) is 4.25. The Balaban J connectivity index is 1.30. The largest absolute Gasteiger partial charge is 0.382 e. The molecule has 0 spiro atoms. The molecule has 9 nitrogen and oxygen atoms in total. The standard InChI is InChI=1S/C26H27N7O2S/c1-15(34)32-13-4-6-19(32)24-30-21(22-23(27)28-12-14-33(22)24)16-8-10-17(11-9-16)25(35)31-26-29-18-5-2-3-7-20(18)36-26/h8-12,14,19H,2-7,13H2,1H3,(H2,27,28)(H,29,31,35). The molecule has 1 unspecified atom stereocenters. The topological polar surface area (TPSA) is 119 Å². The Bertz CT molecular complexity index is 1450. The Morgan fingerprint density at radius 3 is 2.69 bits per heavy atom. The number of carbonyl (C=O) groups is 2. The number of benzene rings is 1. The predicted molar refractivity (Wildman–Crippen MR) is 139 cm³/mol. The van der Waals surface area contributed by atoms with Crippen LogP contribution in [0.5, 0.6) is 0 Å². The summed E-state index contributed by atoms with van der Waals surface area (Å²) < 4.78 is 1.94. The zero-order chi connectivity index (χ0) is 24.8. The number of likely N-dealkylation sites (tertiary alicyclic amines) is 1. The van der Waals surface area contributed by atoms with Gasteiger partial charge in [-0.2, -0.15) is 0 Å². The summed E-state index contributed by atoms with van der Waals surface area (Å²) in [6.07, 6.45) is 9.63. The highest BCUT2D eigenvalue weighted by Gasteiger charge is 2.32. The fraction of sp³-hybridized carbons (Fsp3) is 0.346. The average molecular weight is 502 g/mol. The van der Waals surface area contributed by atoms with Crippen LogP contribution in [0.4, 0.5) is 10.9 Å². The van der Waals surface area contributed by atoms with Crippen LogP contribution in [0.15, 0.2) is 36.7 Å². The number of hydrogen-bond acceptors (Lipinski definition) is 7. The van der Waals surface area contributed by atoms with Gasteiger partial charge in [-0.15, -0.1) is 11.3 Å². The number of carbonyl (C=O) groups excluding carboxylic acids is 2. The smallest absolute Gasteiger partial charge is 0.257 e. The fourth-order valence-electron chi connectivity index (χ4n) is 5.29. The maximum absolute atomic E-state index is 12.9. The van der Waals surface area contributed by atoms with Gasteiger partial charge in [0.05, 0.1) is 11.7 Å². The second-order valence-electron chi connectivity index (χ2n) is 9.35. The number of hydrogen-bond donors (Lipinski definition) is 2. The Labute approximate surface area is 212 Å². The van der Waals surface area contributed by atoms with E-state index in [1.807, 2.05) is 27.6 Å². The maximum Gasteiger partial charge on any atom is 0.257 e. The minimum Gasteiger partial charge on any atom is -0.382 e. The van der Waals surface area contributed by atoms with E-state index in [0.29, 0.717) is 27.7 Å². The Kier molecular flexibility index (Phi) is 5.67. The van der Waals surface area contributed by atoms with Crippen molar-refractivity contribution in [3.05, 3.63) is 58.6 Å². The average Bonchev–Trinajstić information content (AvgIpc) is 3.60. The summed E-state index contributed by atoms with van der Waals surface area (Å²) >= 11 is 1.57. The molecule has 1 saturated heterocycles. The second-order valence-corrected chi connectivity index (χ2v) is 10.4. The van der Waals surface area contributed by atoms with Crippen LogP contribution in [-0.4, -0.2) is 42.6 Å². The van der Waals surface area contributed by atoms with Gasteiger partial charge in [0.2, 0.25) is 5.91 Å². The molecule has 6 rings (SSSR count). The molecule has 1 aliphatic carbocycles. The van der Waals surface area contributed by atoms with E-state index in [0.717, 1.165) is 55.7 Å². The monoisotopic (exact) mass is 501 g/mol. The highest BCUT2D eigenvalue weighted by atomic mass is 32.1. The molecular formula is C26H27N7O2S. The minimum absolute atomic E-state index is 0.0364. The van der Waals surface area contributed by atoms with Crippen molar-refractivity contribution in [2.24, 2.45) is 0 Å². The second kappa shape index (κ2) is 9.02. The molecule has 36 heavy (non-hydrogen) atoms. The van der Waals surface area contributed by atoms with Crippen LogP contribution in [-0.2, 0) is 17.6 Å². The summed E-state index contributed by atoms with van der Waals surface area (Å²) in [5.41, 5.74) is 10.2. The van der Waals surface area contributed by atoms with E-state index < -0.39 is 0 Å².